The maximum absolute atomic E-state index is 12.7. The van der Waals surface area contributed by atoms with E-state index in [9.17, 15) is 8.42 Å². The molecule has 0 amide bonds. The van der Waals surface area contributed by atoms with Gasteiger partial charge in [0.15, 0.2) is 0 Å². The molecule has 1 aromatic carbocycles. The van der Waals surface area contributed by atoms with Gasteiger partial charge in [0, 0.05) is 19.6 Å². The van der Waals surface area contributed by atoms with Crippen molar-refractivity contribution in [2.24, 2.45) is 0 Å². The van der Waals surface area contributed by atoms with Crippen LogP contribution in [0.3, 0.4) is 0 Å². The Morgan fingerprint density at radius 3 is 2.50 bits per heavy atom. The van der Waals surface area contributed by atoms with Crippen molar-refractivity contribution in [1.82, 2.24) is 9.62 Å². The summed E-state index contributed by atoms with van der Waals surface area (Å²) >= 11 is 0. The molecule has 0 saturated carbocycles. The third-order valence-corrected chi connectivity index (χ3v) is 5.59. The largest absolute Gasteiger partial charge is 0.313 e. The number of benzene rings is 1. The van der Waals surface area contributed by atoms with Crippen molar-refractivity contribution in [1.29, 1.82) is 0 Å². The smallest absolute Gasteiger partial charge is 0.243 e. The first kappa shape index (κ1) is 17.1. The third kappa shape index (κ3) is 4.04. The first-order valence-electron chi connectivity index (χ1n) is 7.21. The van der Waals surface area contributed by atoms with E-state index in [4.69, 9.17) is 0 Å². The molecule has 4 nitrogen and oxygen atoms in total. The number of sulfonamides is 1. The van der Waals surface area contributed by atoms with Gasteiger partial charge in [-0.05, 0) is 31.5 Å². The molecule has 0 aromatic heterocycles. The second kappa shape index (κ2) is 7.76. The molecule has 1 atom stereocenters. The van der Waals surface area contributed by atoms with Gasteiger partial charge in [0.05, 0.1) is 4.90 Å². The van der Waals surface area contributed by atoms with Crippen molar-refractivity contribution in [3.05, 3.63) is 29.8 Å². The lowest BCUT2D eigenvalue weighted by atomic mass is 10.2. The second-order valence-electron chi connectivity index (χ2n) is 5.05. The Hall–Kier alpha value is -0.910. The van der Waals surface area contributed by atoms with E-state index in [1.54, 1.807) is 19.2 Å². The van der Waals surface area contributed by atoms with Crippen molar-refractivity contribution in [3.63, 3.8) is 0 Å². The van der Waals surface area contributed by atoms with Gasteiger partial charge in [-0.25, -0.2) is 8.42 Å². The van der Waals surface area contributed by atoms with E-state index >= 15 is 0 Å². The fourth-order valence-corrected chi connectivity index (χ4v) is 3.76. The lowest BCUT2D eigenvalue weighted by Gasteiger charge is -2.25. The Kier molecular flexibility index (Phi) is 6.65. The zero-order chi connectivity index (χ0) is 15.2. The SMILES string of the molecule is CCCC(C)N(C)S(=O)(=O)c1ccccc1CNCC. The number of hydrogen-bond acceptors (Lipinski definition) is 3. The van der Waals surface area contributed by atoms with Gasteiger partial charge in [-0.1, -0.05) is 38.5 Å². The summed E-state index contributed by atoms with van der Waals surface area (Å²) in [4.78, 5) is 0.409. The Balaban J connectivity index is 3.08. The van der Waals surface area contributed by atoms with Gasteiger partial charge in [0.1, 0.15) is 0 Å². The highest BCUT2D eigenvalue weighted by Crippen LogP contribution is 2.22. The molecule has 0 radical (unpaired) electrons. The molecule has 1 aromatic rings. The van der Waals surface area contributed by atoms with Crippen molar-refractivity contribution in [2.45, 2.75) is 51.1 Å². The number of nitrogens with one attached hydrogen (secondary N) is 1. The minimum atomic E-state index is -3.43. The molecule has 0 spiro atoms. The summed E-state index contributed by atoms with van der Waals surface area (Å²) in [5.74, 6) is 0. The van der Waals surface area contributed by atoms with E-state index in [2.05, 4.69) is 12.2 Å². The predicted molar refractivity (Wildman–Crippen MR) is 83.1 cm³/mol. The van der Waals surface area contributed by atoms with Crippen LogP contribution in [0.2, 0.25) is 0 Å². The van der Waals surface area contributed by atoms with Crippen LogP contribution in [-0.2, 0) is 16.6 Å². The van der Waals surface area contributed by atoms with Gasteiger partial charge in [0.2, 0.25) is 10.0 Å². The molecule has 20 heavy (non-hydrogen) atoms. The Morgan fingerprint density at radius 1 is 1.25 bits per heavy atom. The summed E-state index contributed by atoms with van der Waals surface area (Å²) < 4.78 is 26.9. The lowest BCUT2D eigenvalue weighted by Crippen LogP contribution is -2.35. The van der Waals surface area contributed by atoms with Crippen LogP contribution in [0, 0.1) is 0 Å². The zero-order valence-corrected chi connectivity index (χ0v) is 13.7. The number of rotatable bonds is 8. The van der Waals surface area contributed by atoms with Gasteiger partial charge in [-0.3, -0.25) is 0 Å². The molecule has 0 aliphatic carbocycles. The quantitative estimate of drug-likeness (QED) is 0.802. The predicted octanol–water partition coefficient (Wildman–Crippen LogP) is 2.61. The number of nitrogens with zero attached hydrogens (tertiary/aromatic N) is 1. The Labute approximate surface area is 123 Å². The summed E-state index contributed by atoms with van der Waals surface area (Å²) in [5, 5.41) is 3.19. The molecule has 114 valence electrons. The average Bonchev–Trinajstić information content (AvgIpc) is 2.44. The first-order chi connectivity index (χ1) is 9.45. The van der Waals surface area contributed by atoms with E-state index in [0.717, 1.165) is 24.9 Å². The molecule has 0 heterocycles. The van der Waals surface area contributed by atoms with Gasteiger partial charge in [-0.15, -0.1) is 0 Å². The summed E-state index contributed by atoms with van der Waals surface area (Å²) in [5.41, 5.74) is 0.824. The zero-order valence-electron chi connectivity index (χ0n) is 12.9. The fourth-order valence-electron chi connectivity index (χ4n) is 2.15. The molecule has 0 saturated heterocycles. The van der Waals surface area contributed by atoms with Crippen LogP contribution in [0.5, 0.6) is 0 Å². The summed E-state index contributed by atoms with van der Waals surface area (Å²) in [7, 11) is -1.76. The lowest BCUT2D eigenvalue weighted by molar-refractivity contribution is 0.368. The van der Waals surface area contributed by atoms with Crippen LogP contribution in [0.15, 0.2) is 29.2 Å². The van der Waals surface area contributed by atoms with Crippen molar-refractivity contribution >= 4 is 10.0 Å². The van der Waals surface area contributed by atoms with Gasteiger partial charge in [-0.2, -0.15) is 4.31 Å². The van der Waals surface area contributed by atoms with Crippen LogP contribution in [0.4, 0.5) is 0 Å². The van der Waals surface area contributed by atoms with Crippen molar-refractivity contribution in [2.75, 3.05) is 13.6 Å². The monoisotopic (exact) mass is 298 g/mol. The highest BCUT2D eigenvalue weighted by Gasteiger charge is 2.26. The summed E-state index contributed by atoms with van der Waals surface area (Å²) in [6, 6.07) is 7.23. The maximum atomic E-state index is 12.7. The van der Waals surface area contributed by atoms with E-state index in [1.165, 1.54) is 4.31 Å². The van der Waals surface area contributed by atoms with Crippen molar-refractivity contribution < 1.29 is 8.42 Å². The first-order valence-corrected chi connectivity index (χ1v) is 8.65. The minimum absolute atomic E-state index is 0.0113. The van der Waals surface area contributed by atoms with Gasteiger partial charge >= 0.3 is 0 Å². The third-order valence-electron chi connectivity index (χ3n) is 3.52. The summed E-state index contributed by atoms with van der Waals surface area (Å²) in [6.45, 7) is 7.41. The summed E-state index contributed by atoms with van der Waals surface area (Å²) in [6.07, 6.45) is 1.84. The molecule has 1 unspecified atom stereocenters. The molecule has 0 bridgehead atoms. The Morgan fingerprint density at radius 2 is 1.90 bits per heavy atom. The molecular formula is C15H26N2O2S. The molecule has 0 aliphatic heterocycles. The molecular weight excluding hydrogens is 272 g/mol. The van der Waals surface area contributed by atoms with Crippen LogP contribution >= 0.6 is 0 Å². The molecule has 0 fully saturated rings. The molecule has 1 rings (SSSR count). The molecule has 5 heteroatoms. The Bertz CT molecular complexity index is 514. The normalized spacial score (nSPS) is 13.7. The highest BCUT2D eigenvalue weighted by atomic mass is 32.2. The molecule has 0 aliphatic rings. The van der Waals surface area contributed by atoms with Crippen LogP contribution in [0.25, 0.3) is 0 Å². The van der Waals surface area contributed by atoms with Crippen molar-refractivity contribution in [3.8, 4) is 0 Å². The van der Waals surface area contributed by atoms with E-state index in [1.807, 2.05) is 26.0 Å². The number of hydrogen-bond donors (Lipinski definition) is 1. The van der Waals surface area contributed by atoms with E-state index in [0.29, 0.717) is 11.4 Å². The van der Waals surface area contributed by atoms with E-state index in [-0.39, 0.29) is 6.04 Å². The standard InChI is InChI=1S/C15H26N2O2S/c1-5-9-13(3)17(4)20(18,19)15-11-8-7-10-14(15)12-16-6-2/h7-8,10-11,13,16H,5-6,9,12H2,1-4H3. The van der Waals surface area contributed by atoms with E-state index < -0.39 is 10.0 Å². The van der Waals surface area contributed by atoms with Crippen LogP contribution < -0.4 is 5.32 Å². The minimum Gasteiger partial charge on any atom is -0.313 e. The molecule has 1 N–H and O–H groups in total. The van der Waals surface area contributed by atoms with Crippen LogP contribution in [-0.4, -0.2) is 32.4 Å². The highest BCUT2D eigenvalue weighted by molar-refractivity contribution is 7.89. The fraction of sp³-hybridized carbons (Fsp3) is 0.600. The van der Waals surface area contributed by atoms with Gasteiger partial charge in [0.25, 0.3) is 0 Å². The van der Waals surface area contributed by atoms with Crippen LogP contribution in [0.1, 0.15) is 39.2 Å². The topological polar surface area (TPSA) is 49.4 Å². The maximum Gasteiger partial charge on any atom is 0.243 e. The average molecular weight is 298 g/mol. The second-order valence-corrected chi connectivity index (χ2v) is 7.01. The van der Waals surface area contributed by atoms with Gasteiger partial charge < -0.3 is 5.32 Å².